The van der Waals surface area contributed by atoms with Crippen molar-refractivity contribution in [3.63, 3.8) is 0 Å². The maximum atomic E-state index is 12.6. The van der Waals surface area contributed by atoms with Crippen LogP contribution in [0.5, 0.6) is 5.75 Å². The van der Waals surface area contributed by atoms with E-state index in [-0.39, 0.29) is 28.2 Å². The van der Waals surface area contributed by atoms with Crippen LogP contribution in [0.3, 0.4) is 0 Å². The second-order valence-corrected chi connectivity index (χ2v) is 8.36. The van der Waals surface area contributed by atoms with Crippen molar-refractivity contribution in [3.05, 3.63) is 23.8 Å². The topological polar surface area (TPSA) is 84.5 Å². The van der Waals surface area contributed by atoms with E-state index in [1.807, 2.05) is 13.8 Å². The second kappa shape index (κ2) is 7.98. The lowest BCUT2D eigenvalue weighted by molar-refractivity contribution is 0.0934. The minimum absolute atomic E-state index is 0.0443. The molecule has 0 aliphatic heterocycles. The zero-order chi connectivity index (χ0) is 18.5. The second-order valence-electron chi connectivity index (χ2n) is 6.71. The van der Waals surface area contributed by atoms with Gasteiger partial charge in [0.05, 0.1) is 7.11 Å². The first-order chi connectivity index (χ1) is 11.0. The van der Waals surface area contributed by atoms with Crippen LogP contribution in [0.25, 0.3) is 0 Å². The van der Waals surface area contributed by atoms with Gasteiger partial charge in [0.25, 0.3) is 5.91 Å². The number of nitrogens with one attached hydrogen (secondary N) is 2. The fourth-order valence-corrected chi connectivity index (χ4v) is 3.86. The van der Waals surface area contributed by atoms with Gasteiger partial charge in [-0.1, -0.05) is 13.8 Å². The number of amides is 1. The van der Waals surface area contributed by atoms with Gasteiger partial charge in [-0.3, -0.25) is 4.79 Å². The predicted molar refractivity (Wildman–Crippen MR) is 94.9 cm³/mol. The molecule has 1 amide bonds. The van der Waals surface area contributed by atoms with Gasteiger partial charge in [-0.25, -0.2) is 13.1 Å². The standard InChI is InChI=1S/C17H28N2O4S/c1-7-13(8-2)18-16(20)12-9-10-14(23-6)15(11-12)24(21,22)19-17(3,4)5/h9-11,13,19H,7-8H2,1-6H3,(H,18,20). The smallest absolute Gasteiger partial charge is 0.251 e. The number of carbonyl (C=O) groups excluding carboxylic acids is 1. The number of sulfonamides is 1. The van der Waals surface area contributed by atoms with Gasteiger partial charge in [-0.2, -0.15) is 0 Å². The molecule has 1 rings (SSSR count). The van der Waals surface area contributed by atoms with Crippen molar-refractivity contribution in [2.45, 2.75) is 63.9 Å². The molecule has 0 aliphatic carbocycles. The molecule has 0 radical (unpaired) electrons. The molecular formula is C17H28N2O4S. The van der Waals surface area contributed by atoms with Crippen molar-refractivity contribution in [3.8, 4) is 5.75 Å². The molecular weight excluding hydrogens is 328 g/mol. The molecule has 0 aliphatic rings. The number of methoxy groups -OCH3 is 1. The zero-order valence-electron chi connectivity index (χ0n) is 15.3. The molecule has 0 spiro atoms. The Kier molecular flexibility index (Phi) is 6.80. The minimum Gasteiger partial charge on any atom is -0.495 e. The predicted octanol–water partition coefficient (Wildman–Crippen LogP) is 2.69. The van der Waals surface area contributed by atoms with Crippen molar-refractivity contribution >= 4 is 15.9 Å². The van der Waals surface area contributed by atoms with Gasteiger partial charge >= 0.3 is 0 Å². The first-order valence-corrected chi connectivity index (χ1v) is 9.55. The van der Waals surface area contributed by atoms with Crippen molar-refractivity contribution < 1.29 is 17.9 Å². The van der Waals surface area contributed by atoms with Crippen LogP contribution < -0.4 is 14.8 Å². The molecule has 1 aromatic carbocycles. The molecule has 2 N–H and O–H groups in total. The minimum atomic E-state index is -3.81. The van der Waals surface area contributed by atoms with Gasteiger partial charge in [-0.05, 0) is 51.8 Å². The summed E-state index contributed by atoms with van der Waals surface area (Å²) in [5, 5.41) is 2.90. The monoisotopic (exact) mass is 356 g/mol. The average molecular weight is 356 g/mol. The lowest BCUT2D eigenvalue weighted by Crippen LogP contribution is -2.40. The maximum Gasteiger partial charge on any atom is 0.251 e. The van der Waals surface area contributed by atoms with E-state index in [4.69, 9.17) is 4.74 Å². The van der Waals surface area contributed by atoms with E-state index in [0.717, 1.165) is 12.8 Å². The number of hydrogen-bond donors (Lipinski definition) is 2. The summed E-state index contributed by atoms with van der Waals surface area (Å²) >= 11 is 0. The van der Waals surface area contributed by atoms with Crippen LogP contribution in [0.2, 0.25) is 0 Å². The summed E-state index contributed by atoms with van der Waals surface area (Å²) in [6.07, 6.45) is 1.63. The highest BCUT2D eigenvalue weighted by Crippen LogP contribution is 2.26. The van der Waals surface area contributed by atoms with Crippen molar-refractivity contribution in [1.29, 1.82) is 0 Å². The summed E-state index contributed by atoms with van der Waals surface area (Å²) in [5.41, 5.74) is -0.352. The molecule has 6 nitrogen and oxygen atoms in total. The van der Waals surface area contributed by atoms with Crippen LogP contribution in [0.15, 0.2) is 23.1 Å². The first kappa shape index (κ1) is 20.4. The fourth-order valence-electron chi connectivity index (χ4n) is 2.25. The molecule has 0 saturated heterocycles. The third kappa shape index (κ3) is 5.49. The molecule has 0 saturated carbocycles. The number of ether oxygens (including phenoxy) is 1. The van der Waals surface area contributed by atoms with E-state index in [2.05, 4.69) is 10.0 Å². The molecule has 1 aromatic rings. The largest absolute Gasteiger partial charge is 0.495 e. The molecule has 136 valence electrons. The normalized spacial score (nSPS) is 12.3. The van der Waals surface area contributed by atoms with Gasteiger partial charge < -0.3 is 10.1 Å². The molecule has 0 bridgehead atoms. The molecule has 7 heteroatoms. The number of hydrogen-bond acceptors (Lipinski definition) is 4. The molecule has 0 unspecified atom stereocenters. The van der Waals surface area contributed by atoms with Gasteiger partial charge in [-0.15, -0.1) is 0 Å². The fraction of sp³-hybridized carbons (Fsp3) is 0.588. The number of carbonyl (C=O) groups is 1. The highest BCUT2D eigenvalue weighted by atomic mass is 32.2. The van der Waals surface area contributed by atoms with Gasteiger partial charge in [0, 0.05) is 17.1 Å². The van der Waals surface area contributed by atoms with Crippen LogP contribution in [-0.4, -0.2) is 33.0 Å². The zero-order valence-corrected chi connectivity index (χ0v) is 16.1. The van der Waals surface area contributed by atoms with Crippen LogP contribution in [0.1, 0.15) is 57.8 Å². The van der Waals surface area contributed by atoms with Gasteiger partial charge in [0.2, 0.25) is 10.0 Å². The Labute approximate surface area is 145 Å². The summed E-state index contributed by atoms with van der Waals surface area (Å²) in [6.45, 7) is 9.24. The molecule has 0 atom stereocenters. The van der Waals surface area contributed by atoms with Gasteiger partial charge in [0.15, 0.2) is 0 Å². The average Bonchev–Trinajstić information content (AvgIpc) is 2.49. The number of rotatable bonds is 7. The summed E-state index contributed by atoms with van der Waals surface area (Å²) in [5.74, 6) is -0.0932. The Morgan fingerprint density at radius 1 is 1.21 bits per heavy atom. The van der Waals surface area contributed by atoms with Crippen LogP contribution in [-0.2, 0) is 10.0 Å². The number of benzene rings is 1. The van der Waals surface area contributed by atoms with E-state index in [0.29, 0.717) is 0 Å². The Hall–Kier alpha value is -1.60. The molecule has 0 heterocycles. The summed E-state index contributed by atoms with van der Waals surface area (Å²) in [7, 11) is -2.41. The van der Waals surface area contributed by atoms with E-state index in [9.17, 15) is 13.2 Å². The van der Waals surface area contributed by atoms with Crippen molar-refractivity contribution in [1.82, 2.24) is 10.0 Å². The third-order valence-electron chi connectivity index (χ3n) is 3.48. The van der Waals surface area contributed by atoms with E-state index < -0.39 is 15.6 Å². The SMILES string of the molecule is CCC(CC)NC(=O)c1ccc(OC)c(S(=O)(=O)NC(C)(C)C)c1. The summed E-state index contributed by atoms with van der Waals surface area (Å²) in [4.78, 5) is 12.3. The Morgan fingerprint density at radius 2 is 1.79 bits per heavy atom. The van der Waals surface area contributed by atoms with E-state index in [1.54, 1.807) is 26.8 Å². The lowest BCUT2D eigenvalue weighted by Gasteiger charge is -2.22. The van der Waals surface area contributed by atoms with Crippen LogP contribution in [0, 0.1) is 0 Å². The molecule has 24 heavy (non-hydrogen) atoms. The third-order valence-corrected chi connectivity index (χ3v) is 5.26. The Balaban J connectivity index is 3.24. The summed E-state index contributed by atoms with van der Waals surface area (Å²) < 4.78 is 33.0. The molecule has 0 aromatic heterocycles. The van der Waals surface area contributed by atoms with Crippen LogP contribution >= 0.6 is 0 Å². The lowest BCUT2D eigenvalue weighted by atomic mass is 10.1. The van der Waals surface area contributed by atoms with Crippen molar-refractivity contribution in [2.24, 2.45) is 0 Å². The quantitative estimate of drug-likeness (QED) is 0.787. The highest BCUT2D eigenvalue weighted by Gasteiger charge is 2.26. The van der Waals surface area contributed by atoms with E-state index >= 15 is 0 Å². The Morgan fingerprint density at radius 3 is 2.25 bits per heavy atom. The van der Waals surface area contributed by atoms with Crippen molar-refractivity contribution in [2.75, 3.05) is 7.11 Å². The maximum absolute atomic E-state index is 12.6. The first-order valence-electron chi connectivity index (χ1n) is 8.07. The molecule has 0 fully saturated rings. The Bertz CT molecular complexity index is 674. The van der Waals surface area contributed by atoms with Crippen LogP contribution in [0.4, 0.5) is 0 Å². The van der Waals surface area contributed by atoms with E-state index in [1.165, 1.54) is 19.2 Å². The summed E-state index contributed by atoms with van der Waals surface area (Å²) in [6, 6.07) is 4.48. The highest BCUT2D eigenvalue weighted by molar-refractivity contribution is 7.89. The van der Waals surface area contributed by atoms with Gasteiger partial charge in [0.1, 0.15) is 10.6 Å².